The molecule has 0 spiro atoms. The highest BCUT2D eigenvalue weighted by molar-refractivity contribution is 6.03. The summed E-state index contributed by atoms with van der Waals surface area (Å²) in [5.41, 5.74) is 2.32. The van der Waals surface area contributed by atoms with E-state index in [-0.39, 0.29) is 5.91 Å². The molecule has 1 amide bonds. The van der Waals surface area contributed by atoms with Crippen LogP contribution in [0.3, 0.4) is 0 Å². The molecule has 0 atom stereocenters. The lowest BCUT2D eigenvalue weighted by Gasteiger charge is -2.07. The van der Waals surface area contributed by atoms with Gasteiger partial charge in [0.25, 0.3) is 5.91 Å². The van der Waals surface area contributed by atoms with Gasteiger partial charge >= 0.3 is 0 Å². The molecule has 0 aliphatic heterocycles. The van der Waals surface area contributed by atoms with E-state index in [2.05, 4.69) is 22.5 Å². The van der Waals surface area contributed by atoms with Crippen molar-refractivity contribution >= 4 is 17.3 Å². The molecule has 2 N–H and O–H groups in total. The van der Waals surface area contributed by atoms with Crippen LogP contribution in [-0.4, -0.2) is 17.4 Å². The van der Waals surface area contributed by atoms with Crippen LogP contribution in [-0.2, 0) is 0 Å². The Labute approximate surface area is 130 Å². The Balaban J connectivity index is 1.99. The number of rotatable bonds is 6. The number of nitrogens with zero attached hydrogens (tertiary/aromatic N) is 2. The van der Waals surface area contributed by atoms with Gasteiger partial charge in [0.1, 0.15) is 5.69 Å². The predicted octanol–water partition coefficient (Wildman–Crippen LogP) is 3.42. The minimum Gasteiger partial charge on any atom is -0.384 e. The van der Waals surface area contributed by atoms with Crippen molar-refractivity contribution in [1.29, 1.82) is 5.26 Å². The van der Waals surface area contributed by atoms with Gasteiger partial charge in [0.15, 0.2) is 0 Å². The number of aromatic nitrogens is 1. The number of carbonyl (C=O) groups excluding carboxylic acids is 1. The van der Waals surface area contributed by atoms with E-state index in [1.165, 1.54) is 0 Å². The third kappa shape index (κ3) is 4.32. The summed E-state index contributed by atoms with van der Waals surface area (Å²) < 4.78 is 0. The van der Waals surface area contributed by atoms with Crippen molar-refractivity contribution in [3.63, 3.8) is 0 Å². The van der Waals surface area contributed by atoms with E-state index < -0.39 is 0 Å². The van der Waals surface area contributed by atoms with Gasteiger partial charge in [-0.25, -0.2) is 4.98 Å². The van der Waals surface area contributed by atoms with Gasteiger partial charge in [-0.3, -0.25) is 4.79 Å². The standard InChI is InChI=1S/C17H18N4O/c1-2-3-9-19-15-7-8-16(20-12-15)17(22)21-14-6-4-5-13(10-14)11-18/h4-8,10,12,19H,2-3,9H2,1H3,(H,21,22). The van der Waals surface area contributed by atoms with Gasteiger partial charge in [-0.05, 0) is 36.8 Å². The van der Waals surface area contributed by atoms with Gasteiger partial charge in [0.05, 0.1) is 23.5 Å². The Kier molecular flexibility index (Phi) is 5.50. The molecular weight excluding hydrogens is 276 g/mol. The van der Waals surface area contributed by atoms with Gasteiger partial charge < -0.3 is 10.6 Å². The molecule has 0 saturated carbocycles. The molecule has 0 fully saturated rings. The molecule has 2 aromatic rings. The first-order chi connectivity index (χ1) is 10.7. The molecule has 5 heteroatoms. The van der Waals surface area contributed by atoms with E-state index in [4.69, 9.17) is 5.26 Å². The number of unbranched alkanes of at least 4 members (excludes halogenated alkanes) is 1. The molecule has 2 rings (SSSR count). The predicted molar refractivity (Wildman–Crippen MR) is 86.7 cm³/mol. The first-order valence-corrected chi connectivity index (χ1v) is 7.24. The normalized spacial score (nSPS) is 9.82. The van der Waals surface area contributed by atoms with E-state index in [9.17, 15) is 4.79 Å². The lowest BCUT2D eigenvalue weighted by molar-refractivity contribution is 0.102. The summed E-state index contributed by atoms with van der Waals surface area (Å²) in [6, 6.07) is 12.3. The van der Waals surface area contributed by atoms with Gasteiger partial charge in [-0.15, -0.1) is 0 Å². The average molecular weight is 294 g/mol. The van der Waals surface area contributed by atoms with E-state index >= 15 is 0 Å². The van der Waals surface area contributed by atoms with Crippen LogP contribution in [0.4, 0.5) is 11.4 Å². The molecule has 22 heavy (non-hydrogen) atoms. The number of anilines is 2. The second-order valence-electron chi connectivity index (χ2n) is 4.86. The number of hydrogen-bond donors (Lipinski definition) is 2. The lowest BCUT2D eigenvalue weighted by Crippen LogP contribution is -2.14. The molecule has 0 saturated heterocycles. The summed E-state index contributed by atoms with van der Waals surface area (Å²) in [5.74, 6) is -0.296. The van der Waals surface area contributed by atoms with Crippen molar-refractivity contribution < 1.29 is 4.79 Å². The topological polar surface area (TPSA) is 77.8 Å². The Bertz CT molecular complexity index is 674. The van der Waals surface area contributed by atoms with Crippen LogP contribution in [0.15, 0.2) is 42.6 Å². The summed E-state index contributed by atoms with van der Waals surface area (Å²) in [6.07, 6.45) is 3.87. The van der Waals surface area contributed by atoms with E-state index in [1.807, 2.05) is 12.1 Å². The second-order valence-corrected chi connectivity index (χ2v) is 4.86. The summed E-state index contributed by atoms with van der Waals surface area (Å²) in [5, 5.41) is 14.8. The Morgan fingerprint density at radius 3 is 2.82 bits per heavy atom. The van der Waals surface area contributed by atoms with Crippen LogP contribution in [0.5, 0.6) is 0 Å². The van der Waals surface area contributed by atoms with Crippen LogP contribution in [0.25, 0.3) is 0 Å². The van der Waals surface area contributed by atoms with Crippen LogP contribution >= 0.6 is 0 Å². The Morgan fingerprint density at radius 2 is 2.14 bits per heavy atom. The quantitative estimate of drug-likeness (QED) is 0.800. The molecular formula is C17H18N4O. The van der Waals surface area contributed by atoms with Crippen LogP contribution < -0.4 is 10.6 Å². The molecule has 0 bridgehead atoms. The zero-order valence-electron chi connectivity index (χ0n) is 12.5. The molecule has 5 nitrogen and oxygen atoms in total. The number of nitriles is 1. The molecule has 0 aliphatic carbocycles. The van der Waals surface area contributed by atoms with Crippen LogP contribution in [0.1, 0.15) is 35.8 Å². The van der Waals surface area contributed by atoms with Gasteiger partial charge in [0, 0.05) is 12.2 Å². The largest absolute Gasteiger partial charge is 0.384 e. The summed E-state index contributed by atoms with van der Waals surface area (Å²) in [4.78, 5) is 16.3. The van der Waals surface area contributed by atoms with Gasteiger partial charge in [-0.1, -0.05) is 19.4 Å². The Hall–Kier alpha value is -2.87. The highest BCUT2D eigenvalue weighted by atomic mass is 16.1. The maximum atomic E-state index is 12.1. The van der Waals surface area contributed by atoms with Gasteiger partial charge in [0.2, 0.25) is 0 Å². The highest BCUT2D eigenvalue weighted by Crippen LogP contribution is 2.12. The number of benzene rings is 1. The Morgan fingerprint density at radius 1 is 1.27 bits per heavy atom. The minimum atomic E-state index is -0.296. The monoisotopic (exact) mass is 294 g/mol. The average Bonchev–Trinajstić information content (AvgIpc) is 2.56. The smallest absolute Gasteiger partial charge is 0.274 e. The zero-order chi connectivity index (χ0) is 15.8. The van der Waals surface area contributed by atoms with E-state index in [0.29, 0.717) is 16.9 Å². The van der Waals surface area contributed by atoms with Crippen LogP contribution in [0.2, 0.25) is 0 Å². The van der Waals surface area contributed by atoms with Crippen molar-refractivity contribution in [1.82, 2.24) is 4.98 Å². The van der Waals surface area contributed by atoms with Crippen molar-refractivity contribution in [3.8, 4) is 6.07 Å². The third-order valence-corrected chi connectivity index (χ3v) is 3.11. The van der Waals surface area contributed by atoms with Crippen molar-refractivity contribution in [3.05, 3.63) is 53.9 Å². The summed E-state index contributed by atoms with van der Waals surface area (Å²) in [6.45, 7) is 3.03. The second kappa shape index (κ2) is 7.79. The molecule has 0 aliphatic rings. The fourth-order valence-electron chi connectivity index (χ4n) is 1.90. The van der Waals surface area contributed by atoms with Crippen molar-refractivity contribution in [2.45, 2.75) is 19.8 Å². The zero-order valence-corrected chi connectivity index (χ0v) is 12.5. The number of carbonyl (C=O) groups is 1. The SMILES string of the molecule is CCCCNc1ccc(C(=O)Nc2cccc(C#N)c2)nc1. The molecule has 1 aromatic heterocycles. The fraction of sp³-hybridized carbons (Fsp3) is 0.235. The molecule has 112 valence electrons. The summed E-state index contributed by atoms with van der Waals surface area (Å²) in [7, 11) is 0. The van der Waals surface area contributed by atoms with E-state index in [1.54, 1.807) is 36.5 Å². The third-order valence-electron chi connectivity index (χ3n) is 3.11. The number of pyridine rings is 1. The first kappa shape index (κ1) is 15.5. The lowest BCUT2D eigenvalue weighted by atomic mass is 10.2. The maximum Gasteiger partial charge on any atom is 0.274 e. The summed E-state index contributed by atoms with van der Waals surface area (Å²) >= 11 is 0. The molecule has 0 unspecified atom stereocenters. The maximum absolute atomic E-state index is 12.1. The first-order valence-electron chi connectivity index (χ1n) is 7.24. The number of amides is 1. The fourth-order valence-corrected chi connectivity index (χ4v) is 1.90. The molecule has 0 radical (unpaired) electrons. The molecule has 1 heterocycles. The minimum absolute atomic E-state index is 0.296. The number of hydrogen-bond acceptors (Lipinski definition) is 4. The van der Waals surface area contributed by atoms with Gasteiger partial charge in [-0.2, -0.15) is 5.26 Å². The molecule has 1 aromatic carbocycles. The van der Waals surface area contributed by atoms with Crippen molar-refractivity contribution in [2.24, 2.45) is 0 Å². The number of nitrogens with one attached hydrogen (secondary N) is 2. The highest BCUT2D eigenvalue weighted by Gasteiger charge is 2.08. The van der Waals surface area contributed by atoms with E-state index in [0.717, 1.165) is 25.1 Å². The van der Waals surface area contributed by atoms with Crippen LogP contribution in [0, 0.1) is 11.3 Å². The van der Waals surface area contributed by atoms with Crippen molar-refractivity contribution in [2.75, 3.05) is 17.2 Å².